The lowest BCUT2D eigenvalue weighted by Gasteiger charge is -2.13. The molecule has 1 heterocycles. The number of aliphatic imine (C=N–C) groups is 1. The summed E-state index contributed by atoms with van der Waals surface area (Å²) in [5.74, 6) is 2.68. The zero-order valence-corrected chi connectivity index (χ0v) is 17.2. The fraction of sp³-hybridized carbons (Fsp3) is 0.450. The Hall–Kier alpha value is -3.03. The highest BCUT2D eigenvalue weighted by Crippen LogP contribution is 2.11. The van der Waals surface area contributed by atoms with Crippen molar-refractivity contribution >= 4 is 11.9 Å². The Morgan fingerprint density at radius 2 is 1.93 bits per heavy atom. The first-order chi connectivity index (χ1) is 13.4. The van der Waals surface area contributed by atoms with Crippen molar-refractivity contribution in [1.29, 1.82) is 0 Å². The smallest absolute Gasteiger partial charge is 0.243 e. The van der Waals surface area contributed by atoms with Gasteiger partial charge in [-0.3, -0.25) is 4.79 Å². The number of hydrogen-bond donors (Lipinski definition) is 2. The standard InChI is InChI=1S/C20H29N5O3/c1-14-15(2)28-18(24-14)12-22-20(23-13-19(26)25(3)4)21-11-10-16-6-8-17(27-5)9-7-16/h6-9H,10-13H2,1-5H3,(H2,21,22,23). The van der Waals surface area contributed by atoms with Gasteiger partial charge in [0.2, 0.25) is 11.8 Å². The molecule has 1 aromatic heterocycles. The van der Waals surface area contributed by atoms with Crippen LogP contribution in [0.15, 0.2) is 33.7 Å². The number of amides is 1. The van der Waals surface area contributed by atoms with Crippen molar-refractivity contribution in [3.8, 4) is 5.75 Å². The minimum atomic E-state index is -0.0703. The number of rotatable bonds is 8. The van der Waals surface area contributed by atoms with Gasteiger partial charge >= 0.3 is 0 Å². The van der Waals surface area contributed by atoms with E-state index in [0.717, 1.165) is 23.6 Å². The van der Waals surface area contributed by atoms with Gasteiger partial charge in [-0.25, -0.2) is 9.98 Å². The summed E-state index contributed by atoms with van der Waals surface area (Å²) in [5.41, 5.74) is 2.04. The Bertz CT molecular complexity index is 777. The lowest BCUT2D eigenvalue weighted by atomic mass is 10.1. The van der Waals surface area contributed by atoms with E-state index in [9.17, 15) is 4.79 Å². The molecule has 2 rings (SSSR count). The van der Waals surface area contributed by atoms with Crippen LogP contribution in [-0.2, 0) is 17.8 Å². The van der Waals surface area contributed by atoms with Crippen LogP contribution in [0, 0.1) is 13.8 Å². The monoisotopic (exact) mass is 387 g/mol. The second-order valence-corrected chi connectivity index (χ2v) is 6.58. The molecule has 0 unspecified atom stereocenters. The average molecular weight is 387 g/mol. The third-order valence-electron chi connectivity index (χ3n) is 4.22. The number of benzene rings is 1. The number of carbonyl (C=O) groups is 1. The van der Waals surface area contributed by atoms with E-state index in [1.165, 1.54) is 10.5 Å². The van der Waals surface area contributed by atoms with Crippen molar-refractivity contribution in [3.05, 3.63) is 47.2 Å². The van der Waals surface area contributed by atoms with Crippen molar-refractivity contribution < 1.29 is 13.9 Å². The topological polar surface area (TPSA) is 92.0 Å². The van der Waals surface area contributed by atoms with Crippen LogP contribution in [0.25, 0.3) is 0 Å². The first kappa shape index (κ1) is 21.3. The lowest BCUT2D eigenvalue weighted by molar-refractivity contribution is -0.127. The number of likely N-dealkylation sites (N-methyl/N-ethyl adjacent to an activating group) is 1. The van der Waals surface area contributed by atoms with Crippen LogP contribution >= 0.6 is 0 Å². The molecule has 0 saturated heterocycles. The Labute approximate surface area is 166 Å². The van der Waals surface area contributed by atoms with E-state index in [0.29, 0.717) is 24.9 Å². The number of nitrogens with zero attached hydrogens (tertiary/aromatic N) is 3. The molecule has 0 saturated carbocycles. The van der Waals surface area contributed by atoms with Crippen molar-refractivity contribution in [2.45, 2.75) is 26.8 Å². The Morgan fingerprint density at radius 1 is 1.21 bits per heavy atom. The summed E-state index contributed by atoms with van der Waals surface area (Å²) in [4.78, 5) is 22.1. The number of aryl methyl sites for hydroxylation is 2. The van der Waals surface area contributed by atoms with Crippen LogP contribution in [0.3, 0.4) is 0 Å². The molecule has 152 valence electrons. The maximum atomic E-state index is 11.8. The molecular formula is C20H29N5O3. The summed E-state index contributed by atoms with van der Waals surface area (Å²) >= 11 is 0. The van der Waals surface area contributed by atoms with Gasteiger partial charge < -0.3 is 24.7 Å². The van der Waals surface area contributed by atoms with Gasteiger partial charge in [0.1, 0.15) is 18.1 Å². The quantitative estimate of drug-likeness (QED) is 0.529. The van der Waals surface area contributed by atoms with E-state index < -0.39 is 0 Å². The Kier molecular flexibility index (Phi) is 7.86. The lowest BCUT2D eigenvalue weighted by Crippen LogP contribution is -2.39. The molecule has 0 aliphatic heterocycles. The zero-order valence-electron chi connectivity index (χ0n) is 17.2. The number of carbonyl (C=O) groups excluding carboxylic acids is 1. The van der Waals surface area contributed by atoms with Gasteiger partial charge in [0, 0.05) is 20.6 Å². The summed E-state index contributed by atoms with van der Waals surface area (Å²) in [5, 5.41) is 6.42. The molecule has 8 nitrogen and oxygen atoms in total. The number of nitrogens with one attached hydrogen (secondary N) is 2. The fourth-order valence-electron chi connectivity index (χ4n) is 2.35. The Balaban J connectivity index is 1.93. The first-order valence-corrected chi connectivity index (χ1v) is 9.17. The SMILES string of the molecule is COc1ccc(CCNC(=NCC(=O)N(C)C)NCc2nc(C)c(C)o2)cc1. The molecule has 1 amide bonds. The molecule has 2 aromatic rings. The van der Waals surface area contributed by atoms with E-state index in [1.807, 2.05) is 38.1 Å². The molecule has 2 N–H and O–H groups in total. The summed E-state index contributed by atoms with van der Waals surface area (Å²) in [7, 11) is 5.07. The van der Waals surface area contributed by atoms with Gasteiger partial charge in [-0.1, -0.05) is 12.1 Å². The molecule has 1 aromatic carbocycles. The number of oxazole rings is 1. The Morgan fingerprint density at radius 3 is 2.50 bits per heavy atom. The average Bonchev–Trinajstić information content (AvgIpc) is 3.01. The van der Waals surface area contributed by atoms with E-state index in [-0.39, 0.29) is 12.5 Å². The van der Waals surface area contributed by atoms with Gasteiger partial charge in [-0.15, -0.1) is 0 Å². The van der Waals surface area contributed by atoms with Crippen LogP contribution in [-0.4, -0.2) is 56.0 Å². The highest BCUT2D eigenvalue weighted by atomic mass is 16.5. The molecule has 0 fully saturated rings. The third kappa shape index (κ3) is 6.61. The van der Waals surface area contributed by atoms with Gasteiger partial charge in [0.05, 0.1) is 19.3 Å². The maximum Gasteiger partial charge on any atom is 0.243 e. The van der Waals surface area contributed by atoms with Crippen LogP contribution in [0.5, 0.6) is 5.75 Å². The van der Waals surface area contributed by atoms with Crippen LogP contribution in [0.2, 0.25) is 0 Å². The van der Waals surface area contributed by atoms with Gasteiger partial charge in [-0.2, -0.15) is 0 Å². The summed E-state index contributed by atoms with van der Waals surface area (Å²) in [6, 6.07) is 7.93. The normalized spacial score (nSPS) is 11.2. The molecule has 0 radical (unpaired) electrons. The second kappa shape index (κ2) is 10.3. The van der Waals surface area contributed by atoms with Crippen LogP contribution in [0.4, 0.5) is 0 Å². The van der Waals surface area contributed by atoms with Crippen molar-refractivity contribution in [3.63, 3.8) is 0 Å². The number of ether oxygens (including phenoxy) is 1. The highest BCUT2D eigenvalue weighted by Gasteiger charge is 2.08. The summed E-state index contributed by atoms with van der Waals surface area (Å²) in [6.07, 6.45) is 0.809. The van der Waals surface area contributed by atoms with E-state index in [2.05, 4.69) is 20.6 Å². The number of methoxy groups -OCH3 is 1. The van der Waals surface area contributed by atoms with Gasteiger partial charge in [0.25, 0.3) is 0 Å². The van der Waals surface area contributed by atoms with E-state index in [4.69, 9.17) is 9.15 Å². The highest BCUT2D eigenvalue weighted by molar-refractivity contribution is 5.84. The predicted molar refractivity (Wildman–Crippen MR) is 109 cm³/mol. The molecular weight excluding hydrogens is 358 g/mol. The molecule has 0 atom stereocenters. The maximum absolute atomic E-state index is 11.8. The minimum Gasteiger partial charge on any atom is -0.497 e. The number of guanidine groups is 1. The predicted octanol–water partition coefficient (Wildman–Crippen LogP) is 1.67. The summed E-state index contributed by atoms with van der Waals surface area (Å²) < 4.78 is 10.8. The minimum absolute atomic E-state index is 0.0640. The molecule has 28 heavy (non-hydrogen) atoms. The fourth-order valence-corrected chi connectivity index (χ4v) is 2.35. The molecule has 0 spiro atoms. The van der Waals surface area contributed by atoms with Crippen molar-refractivity contribution in [2.75, 3.05) is 34.3 Å². The van der Waals surface area contributed by atoms with E-state index in [1.54, 1.807) is 21.2 Å². The molecule has 8 heteroatoms. The number of aromatic nitrogens is 1. The van der Waals surface area contributed by atoms with Gasteiger partial charge in [-0.05, 0) is 38.0 Å². The van der Waals surface area contributed by atoms with Crippen molar-refractivity contribution in [2.24, 2.45) is 4.99 Å². The van der Waals surface area contributed by atoms with E-state index >= 15 is 0 Å². The zero-order chi connectivity index (χ0) is 20.5. The second-order valence-electron chi connectivity index (χ2n) is 6.58. The third-order valence-corrected chi connectivity index (χ3v) is 4.22. The largest absolute Gasteiger partial charge is 0.497 e. The summed E-state index contributed by atoms with van der Waals surface area (Å²) in [6.45, 7) is 4.90. The number of hydrogen-bond acceptors (Lipinski definition) is 5. The molecule has 0 aliphatic carbocycles. The molecule has 0 aliphatic rings. The first-order valence-electron chi connectivity index (χ1n) is 9.17. The van der Waals surface area contributed by atoms with Crippen molar-refractivity contribution in [1.82, 2.24) is 20.5 Å². The van der Waals surface area contributed by atoms with Crippen LogP contribution in [0.1, 0.15) is 22.9 Å². The van der Waals surface area contributed by atoms with Crippen LogP contribution < -0.4 is 15.4 Å². The molecule has 0 bridgehead atoms. The van der Waals surface area contributed by atoms with Gasteiger partial charge in [0.15, 0.2) is 5.96 Å².